The summed E-state index contributed by atoms with van der Waals surface area (Å²) in [6.07, 6.45) is 1.90. The number of hydrogen-bond donors (Lipinski definition) is 2. The monoisotopic (exact) mass is 457 g/mol. The van der Waals surface area contributed by atoms with Crippen molar-refractivity contribution in [1.82, 2.24) is 19.7 Å². The van der Waals surface area contributed by atoms with Crippen LogP contribution in [0.1, 0.15) is 25.1 Å². The Hall–Kier alpha value is -3.54. The fraction of sp³-hybridized carbons (Fsp3) is 0.143. The number of halogens is 2. The van der Waals surface area contributed by atoms with E-state index in [1.54, 1.807) is 12.1 Å². The van der Waals surface area contributed by atoms with Crippen molar-refractivity contribution in [2.75, 3.05) is 0 Å². The van der Waals surface area contributed by atoms with Gasteiger partial charge in [0, 0.05) is 17.1 Å². The minimum Gasteiger partial charge on any atom is -0.454 e. The molecule has 2 aromatic carbocycles. The molecule has 2 heterocycles. The largest absolute Gasteiger partial charge is 0.454 e. The quantitative estimate of drug-likeness (QED) is 0.461. The Morgan fingerprint density at radius 2 is 1.81 bits per heavy atom. The zero-order valence-corrected chi connectivity index (χ0v) is 18.3. The van der Waals surface area contributed by atoms with Crippen molar-refractivity contribution in [3.63, 3.8) is 0 Å². The average molecular weight is 458 g/mol. The van der Waals surface area contributed by atoms with E-state index < -0.39 is 16.9 Å². The Morgan fingerprint density at radius 1 is 1.13 bits per heavy atom. The van der Waals surface area contributed by atoms with Gasteiger partial charge < -0.3 is 9.72 Å². The summed E-state index contributed by atoms with van der Waals surface area (Å²) >= 11 is 12.6. The van der Waals surface area contributed by atoms with E-state index in [1.165, 1.54) is 12.1 Å². The number of benzene rings is 2. The number of nitriles is 1. The van der Waals surface area contributed by atoms with Gasteiger partial charge in [0.2, 0.25) is 5.69 Å². The molecular weight excluding hydrogens is 441 g/mol. The number of aromatic nitrogens is 4. The number of aryl methyl sites for hydroxylation is 1. The van der Waals surface area contributed by atoms with Gasteiger partial charge in [-0.1, -0.05) is 37.0 Å². The summed E-state index contributed by atoms with van der Waals surface area (Å²) < 4.78 is 6.69. The topological polar surface area (TPSA) is 117 Å². The van der Waals surface area contributed by atoms with Gasteiger partial charge in [0.15, 0.2) is 5.75 Å². The molecule has 4 rings (SSSR count). The van der Waals surface area contributed by atoms with Crippen LogP contribution in [-0.4, -0.2) is 19.7 Å². The molecule has 2 N–H and O–H groups in total. The lowest BCUT2D eigenvalue weighted by atomic mass is 10.2. The first-order chi connectivity index (χ1) is 14.9. The van der Waals surface area contributed by atoms with Crippen LogP contribution in [0.3, 0.4) is 0 Å². The average Bonchev–Trinajstić information content (AvgIpc) is 3.12. The van der Waals surface area contributed by atoms with Gasteiger partial charge in [0.05, 0.1) is 15.7 Å². The highest BCUT2D eigenvalue weighted by molar-refractivity contribution is 6.37. The van der Waals surface area contributed by atoms with Gasteiger partial charge in [-0.25, -0.2) is 4.79 Å². The van der Waals surface area contributed by atoms with Crippen molar-refractivity contribution in [2.24, 2.45) is 0 Å². The number of aromatic amines is 2. The van der Waals surface area contributed by atoms with E-state index in [0.29, 0.717) is 5.75 Å². The molecule has 158 valence electrons. The van der Waals surface area contributed by atoms with Gasteiger partial charge in [-0.15, -0.1) is 5.10 Å². The molecule has 0 radical (unpaired) electrons. The second-order valence-corrected chi connectivity index (χ2v) is 6.97. The van der Waals surface area contributed by atoms with Gasteiger partial charge in [0.25, 0.3) is 5.56 Å². The van der Waals surface area contributed by atoms with E-state index in [4.69, 9.17) is 33.2 Å². The third-order valence-corrected chi connectivity index (χ3v) is 4.80. The van der Waals surface area contributed by atoms with Crippen molar-refractivity contribution in [3.05, 3.63) is 78.7 Å². The molecule has 0 saturated heterocycles. The number of H-pyrrole nitrogens is 2. The van der Waals surface area contributed by atoms with Crippen LogP contribution in [0.15, 0.2) is 46.1 Å². The summed E-state index contributed by atoms with van der Waals surface area (Å²) in [5.74, 6) is 0.727. The van der Waals surface area contributed by atoms with Crippen molar-refractivity contribution >= 4 is 34.1 Å². The number of nitrogens with zero attached hydrogens (tertiary/aromatic N) is 3. The highest BCUT2D eigenvalue weighted by Gasteiger charge is 2.15. The lowest BCUT2D eigenvalue weighted by molar-refractivity contribution is 0.483. The zero-order valence-electron chi connectivity index (χ0n) is 16.8. The SMILES string of the molecule is CC.Cc1c[nH]c2ccc(Oc3c(Cl)cc(-n4nc(C#N)c(=O)[nH]c4=O)cc3Cl)cc12. The lowest BCUT2D eigenvalue weighted by Crippen LogP contribution is -2.33. The molecule has 0 saturated carbocycles. The zero-order chi connectivity index (χ0) is 22.7. The Labute approximate surface area is 186 Å². The number of nitrogens with one attached hydrogen (secondary N) is 2. The van der Waals surface area contributed by atoms with Crippen molar-refractivity contribution < 1.29 is 4.74 Å². The summed E-state index contributed by atoms with van der Waals surface area (Å²) in [6.45, 7) is 5.97. The minimum absolute atomic E-state index is 0.122. The molecule has 0 bridgehead atoms. The summed E-state index contributed by atoms with van der Waals surface area (Å²) in [7, 11) is 0. The first-order valence-electron chi connectivity index (χ1n) is 9.26. The van der Waals surface area contributed by atoms with Gasteiger partial charge in [0.1, 0.15) is 11.8 Å². The summed E-state index contributed by atoms with van der Waals surface area (Å²) in [4.78, 5) is 28.7. The van der Waals surface area contributed by atoms with E-state index in [-0.39, 0.29) is 21.5 Å². The molecule has 31 heavy (non-hydrogen) atoms. The minimum atomic E-state index is -0.874. The van der Waals surface area contributed by atoms with Gasteiger partial charge in [-0.2, -0.15) is 9.94 Å². The Balaban J connectivity index is 0.00000132. The molecule has 4 aromatic rings. The second-order valence-electron chi connectivity index (χ2n) is 6.15. The van der Waals surface area contributed by atoms with E-state index in [0.717, 1.165) is 21.1 Å². The van der Waals surface area contributed by atoms with Crippen molar-refractivity contribution in [3.8, 4) is 23.3 Å². The molecule has 0 aliphatic rings. The van der Waals surface area contributed by atoms with Crippen LogP contribution >= 0.6 is 23.2 Å². The van der Waals surface area contributed by atoms with Crippen LogP contribution in [-0.2, 0) is 0 Å². The standard InChI is InChI=1S/C19H11Cl2N5O3.C2H6/c1-9-8-23-15-3-2-11(6-12(9)15)29-17-13(20)4-10(5-14(17)21)26-19(28)24-18(27)16(7-22)25-26;1-2/h2-6,8,23H,1H3,(H,24,27,28);1-2H3. The maximum atomic E-state index is 12.1. The lowest BCUT2D eigenvalue weighted by Gasteiger charge is -2.12. The number of hydrogen-bond acceptors (Lipinski definition) is 5. The van der Waals surface area contributed by atoms with Gasteiger partial charge in [-0.05, 0) is 42.8 Å². The molecule has 0 aliphatic heterocycles. The predicted molar refractivity (Wildman–Crippen MR) is 120 cm³/mol. The van der Waals surface area contributed by atoms with Crippen LogP contribution in [0.25, 0.3) is 16.6 Å². The maximum absolute atomic E-state index is 12.1. The summed E-state index contributed by atoms with van der Waals surface area (Å²) in [5, 5.41) is 13.9. The molecule has 2 aromatic heterocycles. The Bertz CT molecular complexity index is 1410. The highest BCUT2D eigenvalue weighted by Crippen LogP contribution is 2.38. The van der Waals surface area contributed by atoms with E-state index in [9.17, 15) is 9.59 Å². The van der Waals surface area contributed by atoms with Crippen LogP contribution in [0.4, 0.5) is 0 Å². The van der Waals surface area contributed by atoms with Crippen LogP contribution in [0, 0.1) is 18.3 Å². The first-order valence-corrected chi connectivity index (χ1v) is 10.0. The normalized spacial score (nSPS) is 10.3. The Morgan fingerprint density at radius 3 is 2.45 bits per heavy atom. The molecule has 0 spiro atoms. The molecule has 0 amide bonds. The van der Waals surface area contributed by atoms with E-state index in [1.807, 2.05) is 44.1 Å². The molecule has 0 fully saturated rings. The maximum Gasteiger partial charge on any atom is 0.349 e. The number of fused-ring (bicyclic) bond motifs is 1. The fourth-order valence-corrected chi connectivity index (χ4v) is 3.39. The third kappa shape index (κ3) is 4.33. The fourth-order valence-electron chi connectivity index (χ4n) is 2.84. The second kappa shape index (κ2) is 9.08. The van der Waals surface area contributed by atoms with Crippen LogP contribution in [0.2, 0.25) is 10.0 Å². The number of rotatable bonds is 3. The van der Waals surface area contributed by atoms with E-state index in [2.05, 4.69) is 10.1 Å². The molecule has 10 heteroatoms. The third-order valence-electron chi connectivity index (χ3n) is 4.24. The number of ether oxygens (including phenoxy) is 1. The molecule has 0 atom stereocenters. The Kier molecular flexibility index (Phi) is 6.49. The molecule has 0 unspecified atom stereocenters. The first kappa shape index (κ1) is 22.2. The van der Waals surface area contributed by atoms with Crippen LogP contribution < -0.4 is 16.0 Å². The molecule has 8 nitrogen and oxygen atoms in total. The van der Waals surface area contributed by atoms with Gasteiger partial charge in [-0.3, -0.25) is 9.78 Å². The van der Waals surface area contributed by atoms with Crippen molar-refractivity contribution in [1.29, 1.82) is 5.26 Å². The smallest absolute Gasteiger partial charge is 0.349 e. The highest BCUT2D eigenvalue weighted by atomic mass is 35.5. The summed E-state index contributed by atoms with van der Waals surface area (Å²) in [6, 6.07) is 9.92. The van der Waals surface area contributed by atoms with Gasteiger partial charge >= 0.3 is 5.69 Å². The molecule has 0 aliphatic carbocycles. The van der Waals surface area contributed by atoms with Crippen LogP contribution in [0.5, 0.6) is 11.5 Å². The predicted octanol–water partition coefficient (Wildman–Crippen LogP) is 4.71. The molecular formula is C21H17Cl2N5O3. The van der Waals surface area contributed by atoms with E-state index >= 15 is 0 Å². The summed E-state index contributed by atoms with van der Waals surface area (Å²) in [5.41, 5.74) is 0.0351. The van der Waals surface area contributed by atoms with Crippen molar-refractivity contribution in [2.45, 2.75) is 20.8 Å².